The molecule has 0 unspecified atom stereocenters. The summed E-state index contributed by atoms with van der Waals surface area (Å²) < 4.78 is 0. The van der Waals surface area contributed by atoms with E-state index in [-0.39, 0.29) is 16.8 Å². The van der Waals surface area contributed by atoms with E-state index >= 15 is 0 Å². The molecule has 0 aliphatic heterocycles. The molecule has 0 atom stereocenters. The Morgan fingerprint density at radius 3 is 2.85 bits per heavy atom. The summed E-state index contributed by atoms with van der Waals surface area (Å²) in [6, 6.07) is 2.47. The van der Waals surface area contributed by atoms with Crippen molar-refractivity contribution in [2.24, 2.45) is 0 Å². The van der Waals surface area contributed by atoms with Gasteiger partial charge in [-0.15, -0.1) is 0 Å². The smallest absolute Gasteiger partial charge is 0.335 e. The van der Waals surface area contributed by atoms with Crippen LogP contribution in [0.3, 0.4) is 0 Å². The van der Waals surface area contributed by atoms with E-state index in [4.69, 9.17) is 5.11 Å². The molecule has 1 aromatic heterocycles. The Morgan fingerprint density at radius 1 is 1.38 bits per heavy atom. The lowest BCUT2D eigenvalue weighted by molar-refractivity contribution is 0.0696. The summed E-state index contributed by atoms with van der Waals surface area (Å²) in [6.45, 7) is 0. The number of carbonyl (C=O) groups is 1. The van der Waals surface area contributed by atoms with Gasteiger partial charge in [0.05, 0.1) is 5.56 Å². The molecule has 0 aliphatic carbocycles. The van der Waals surface area contributed by atoms with E-state index in [1.165, 1.54) is 6.07 Å². The molecular weight excluding hydrogens is 174 g/mol. The van der Waals surface area contributed by atoms with E-state index in [0.29, 0.717) is 5.52 Å². The van der Waals surface area contributed by atoms with Crippen molar-refractivity contribution in [1.82, 2.24) is 15.4 Å². The number of nitrogens with one attached hydrogen (secondary N) is 1. The summed E-state index contributed by atoms with van der Waals surface area (Å²) in [5.74, 6) is -1.30. The molecular formula is C7H5N3O3. The van der Waals surface area contributed by atoms with Crippen molar-refractivity contribution in [3.63, 3.8) is 0 Å². The van der Waals surface area contributed by atoms with Crippen LogP contribution in [0.25, 0.3) is 11.0 Å². The van der Waals surface area contributed by atoms with Gasteiger partial charge in [0.15, 0.2) is 5.52 Å². The number of carboxylic acid groups (broad SMARTS) is 1. The molecule has 2 rings (SSSR count). The number of phenolic OH excluding ortho intramolecular Hbond substituents is 1. The Balaban J connectivity index is 2.77. The molecule has 3 N–H and O–H groups in total. The summed E-state index contributed by atoms with van der Waals surface area (Å²) in [6.07, 6.45) is 0. The van der Waals surface area contributed by atoms with E-state index in [2.05, 4.69) is 15.4 Å². The molecule has 0 bridgehead atoms. The van der Waals surface area contributed by atoms with Gasteiger partial charge in [-0.25, -0.2) is 4.79 Å². The lowest BCUT2D eigenvalue weighted by Gasteiger charge is -1.95. The fraction of sp³-hybridized carbons (Fsp3) is 0. The van der Waals surface area contributed by atoms with Crippen LogP contribution in [0.2, 0.25) is 0 Å². The predicted molar refractivity (Wildman–Crippen MR) is 42.5 cm³/mol. The topological polar surface area (TPSA) is 99.1 Å². The first kappa shape index (κ1) is 7.53. The molecule has 1 aromatic carbocycles. The fourth-order valence-electron chi connectivity index (χ4n) is 1.06. The van der Waals surface area contributed by atoms with Crippen molar-refractivity contribution < 1.29 is 15.0 Å². The lowest BCUT2D eigenvalue weighted by atomic mass is 10.2. The zero-order valence-electron chi connectivity index (χ0n) is 6.35. The first-order chi connectivity index (χ1) is 6.18. The third kappa shape index (κ3) is 1.08. The van der Waals surface area contributed by atoms with E-state index in [1.54, 1.807) is 0 Å². The maximum Gasteiger partial charge on any atom is 0.335 e. The average Bonchev–Trinajstić information content (AvgIpc) is 2.51. The van der Waals surface area contributed by atoms with E-state index in [0.717, 1.165) is 6.07 Å². The Morgan fingerprint density at radius 2 is 2.15 bits per heavy atom. The Labute approximate surface area is 71.8 Å². The number of fused-ring (bicyclic) bond motifs is 1. The van der Waals surface area contributed by atoms with Gasteiger partial charge < -0.3 is 10.2 Å². The molecule has 0 saturated heterocycles. The van der Waals surface area contributed by atoms with Crippen molar-refractivity contribution in [1.29, 1.82) is 0 Å². The quantitative estimate of drug-likeness (QED) is 0.587. The van der Waals surface area contributed by atoms with Crippen molar-refractivity contribution in [2.45, 2.75) is 0 Å². The van der Waals surface area contributed by atoms with Crippen LogP contribution in [0.15, 0.2) is 12.1 Å². The van der Waals surface area contributed by atoms with Gasteiger partial charge in [-0.1, -0.05) is 0 Å². The number of H-pyrrole nitrogens is 1. The predicted octanol–water partition coefficient (Wildman–Crippen LogP) is 0.362. The normalized spacial score (nSPS) is 10.5. The number of phenols is 1. The highest BCUT2D eigenvalue weighted by Crippen LogP contribution is 2.22. The van der Waals surface area contributed by atoms with Crippen LogP contribution in [0.1, 0.15) is 10.4 Å². The molecule has 1 heterocycles. The molecule has 0 spiro atoms. The summed E-state index contributed by atoms with van der Waals surface area (Å²) in [7, 11) is 0. The summed E-state index contributed by atoms with van der Waals surface area (Å²) >= 11 is 0. The molecule has 6 heteroatoms. The largest absolute Gasteiger partial charge is 0.506 e. The molecule has 66 valence electrons. The number of hydrogen-bond acceptors (Lipinski definition) is 4. The van der Waals surface area contributed by atoms with Gasteiger partial charge in [-0.3, -0.25) is 0 Å². The van der Waals surface area contributed by atoms with Crippen LogP contribution >= 0.6 is 0 Å². The Hall–Kier alpha value is -2.11. The second-order valence-electron chi connectivity index (χ2n) is 2.49. The minimum absolute atomic E-state index is 0.0149. The van der Waals surface area contributed by atoms with Gasteiger partial charge in [0.25, 0.3) is 0 Å². The molecule has 0 fully saturated rings. The molecule has 0 saturated carbocycles. The number of hydrogen-bond donors (Lipinski definition) is 3. The van der Waals surface area contributed by atoms with Gasteiger partial charge in [-0.05, 0) is 12.1 Å². The Bertz CT molecular complexity index is 477. The first-order valence-electron chi connectivity index (χ1n) is 3.45. The van der Waals surface area contributed by atoms with Crippen LogP contribution in [-0.2, 0) is 0 Å². The summed E-state index contributed by atoms with van der Waals surface area (Å²) in [4.78, 5) is 10.5. The molecule has 0 aliphatic rings. The highest BCUT2D eigenvalue weighted by Gasteiger charge is 2.10. The van der Waals surface area contributed by atoms with Gasteiger partial charge >= 0.3 is 5.97 Å². The van der Waals surface area contributed by atoms with E-state index < -0.39 is 5.97 Å². The molecule has 0 amide bonds. The molecule has 0 radical (unpaired) electrons. The molecule has 13 heavy (non-hydrogen) atoms. The number of aromatic hydroxyl groups is 1. The minimum Gasteiger partial charge on any atom is -0.506 e. The number of nitrogens with zero attached hydrogens (tertiary/aromatic N) is 2. The van der Waals surface area contributed by atoms with Crippen LogP contribution in [0.4, 0.5) is 0 Å². The highest BCUT2D eigenvalue weighted by atomic mass is 16.4. The maximum atomic E-state index is 10.5. The average molecular weight is 179 g/mol. The molecule has 6 nitrogen and oxygen atoms in total. The zero-order chi connectivity index (χ0) is 9.42. The van der Waals surface area contributed by atoms with Crippen LogP contribution in [0, 0.1) is 0 Å². The maximum absolute atomic E-state index is 10.5. The van der Waals surface area contributed by atoms with Crippen molar-refractivity contribution in [3.8, 4) is 5.75 Å². The standard InChI is InChI=1S/C7H5N3O3/c11-5-2-3(7(12)13)1-4-6(5)9-10-8-4/h1-2,11H,(H,12,13)(H,8,9,10). The second kappa shape index (κ2) is 2.44. The van der Waals surface area contributed by atoms with Crippen LogP contribution < -0.4 is 0 Å². The highest BCUT2D eigenvalue weighted by molar-refractivity contribution is 5.94. The van der Waals surface area contributed by atoms with Crippen molar-refractivity contribution >= 4 is 17.0 Å². The number of aromatic carboxylic acids is 1. The fourth-order valence-corrected chi connectivity index (χ4v) is 1.06. The van der Waals surface area contributed by atoms with Gasteiger partial charge in [0.2, 0.25) is 0 Å². The summed E-state index contributed by atoms with van der Waals surface area (Å²) in [5.41, 5.74) is 0.585. The number of rotatable bonds is 1. The third-order valence-corrected chi connectivity index (χ3v) is 1.65. The van der Waals surface area contributed by atoms with E-state index in [1.807, 2.05) is 0 Å². The number of carboxylic acids is 1. The Kier molecular flexibility index (Phi) is 1.42. The zero-order valence-corrected chi connectivity index (χ0v) is 6.35. The van der Waals surface area contributed by atoms with Crippen LogP contribution in [-0.4, -0.2) is 31.6 Å². The van der Waals surface area contributed by atoms with Crippen molar-refractivity contribution in [3.05, 3.63) is 17.7 Å². The molecule has 2 aromatic rings. The summed E-state index contributed by atoms with van der Waals surface area (Å²) in [5, 5.41) is 27.5. The third-order valence-electron chi connectivity index (χ3n) is 1.65. The SMILES string of the molecule is O=C(O)c1cc(O)c2n[nH]nc2c1. The number of benzene rings is 1. The lowest BCUT2D eigenvalue weighted by Crippen LogP contribution is -1.95. The van der Waals surface area contributed by atoms with E-state index in [9.17, 15) is 9.90 Å². The first-order valence-corrected chi connectivity index (χ1v) is 3.45. The van der Waals surface area contributed by atoms with Gasteiger partial charge in [-0.2, -0.15) is 15.4 Å². The monoisotopic (exact) mass is 179 g/mol. The second-order valence-corrected chi connectivity index (χ2v) is 2.49. The van der Waals surface area contributed by atoms with Crippen molar-refractivity contribution in [2.75, 3.05) is 0 Å². The van der Waals surface area contributed by atoms with Crippen LogP contribution in [0.5, 0.6) is 5.75 Å². The number of aromatic amines is 1. The van der Waals surface area contributed by atoms with Gasteiger partial charge in [0.1, 0.15) is 11.3 Å². The number of aromatic nitrogens is 3. The van der Waals surface area contributed by atoms with Gasteiger partial charge in [0, 0.05) is 0 Å². The minimum atomic E-state index is -1.11.